The molecule has 2 heterocycles. The lowest BCUT2D eigenvalue weighted by atomic mass is 9.87. The third kappa shape index (κ3) is 2.17. The summed E-state index contributed by atoms with van der Waals surface area (Å²) in [5.74, 6) is 1.69. The van der Waals surface area contributed by atoms with Gasteiger partial charge in [0.15, 0.2) is 11.5 Å². The molecule has 0 spiro atoms. The normalized spacial score (nSPS) is 24.3. The zero-order valence-electron chi connectivity index (χ0n) is 10.4. The Labute approximate surface area is 111 Å². The summed E-state index contributed by atoms with van der Waals surface area (Å²) in [7, 11) is 0. The average Bonchev–Trinajstić information content (AvgIpc) is 2.76. The van der Waals surface area contributed by atoms with Crippen LogP contribution < -0.4 is 5.32 Å². The number of nitrogens with one attached hydrogen (secondary N) is 1. The maximum atomic E-state index is 6.05. The van der Waals surface area contributed by atoms with Crippen LogP contribution in [0, 0.1) is 5.92 Å². The minimum atomic E-state index is 0.510. The van der Waals surface area contributed by atoms with Crippen LogP contribution in [0.25, 0.3) is 5.65 Å². The Balaban J connectivity index is 1.82. The van der Waals surface area contributed by atoms with E-state index in [9.17, 15) is 0 Å². The second-order valence-corrected chi connectivity index (χ2v) is 5.54. The van der Waals surface area contributed by atoms with Gasteiger partial charge >= 0.3 is 0 Å². The Hall–Kier alpha value is -1.29. The first kappa shape index (κ1) is 11.8. The van der Waals surface area contributed by atoms with Crippen molar-refractivity contribution in [3.05, 3.63) is 23.7 Å². The predicted octanol–water partition coefficient (Wildman–Crippen LogP) is 3.37. The van der Waals surface area contributed by atoms with Gasteiger partial charge in [0.1, 0.15) is 5.15 Å². The van der Waals surface area contributed by atoms with E-state index in [1.165, 1.54) is 25.7 Å². The second-order valence-electron chi connectivity index (χ2n) is 5.15. The Bertz CT molecular complexity index is 543. The summed E-state index contributed by atoms with van der Waals surface area (Å²) in [5.41, 5.74) is 0.807. The molecule has 0 bridgehead atoms. The van der Waals surface area contributed by atoms with E-state index < -0.39 is 0 Å². The van der Waals surface area contributed by atoms with Crippen LogP contribution in [0.1, 0.15) is 32.6 Å². The molecule has 1 saturated carbocycles. The predicted molar refractivity (Wildman–Crippen MR) is 73.0 cm³/mol. The van der Waals surface area contributed by atoms with Crippen molar-refractivity contribution < 1.29 is 0 Å². The van der Waals surface area contributed by atoms with Gasteiger partial charge in [0.25, 0.3) is 0 Å². The zero-order valence-corrected chi connectivity index (χ0v) is 11.2. The number of halogens is 1. The summed E-state index contributed by atoms with van der Waals surface area (Å²) in [6.07, 6.45) is 10.2. The summed E-state index contributed by atoms with van der Waals surface area (Å²) < 4.78 is 1.85. The van der Waals surface area contributed by atoms with E-state index >= 15 is 0 Å². The lowest BCUT2D eigenvalue weighted by molar-refractivity contribution is 0.361. The summed E-state index contributed by atoms with van der Waals surface area (Å²) in [4.78, 5) is 8.68. The van der Waals surface area contributed by atoms with Crippen molar-refractivity contribution in [2.24, 2.45) is 5.92 Å². The fourth-order valence-corrected chi connectivity index (χ4v) is 2.77. The number of imidazole rings is 1. The van der Waals surface area contributed by atoms with Gasteiger partial charge in [-0.3, -0.25) is 4.40 Å². The second kappa shape index (κ2) is 4.76. The third-order valence-electron chi connectivity index (χ3n) is 3.74. The standard InChI is InChI=1S/C13H17ClN4/c1-9-2-4-10(5-3-9)17-12-13-16-8-11(14)18(13)7-6-15-12/h6-10H,2-5H2,1H3,(H,15,17). The fourth-order valence-electron chi connectivity index (χ4n) is 2.59. The number of rotatable bonds is 2. The van der Waals surface area contributed by atoms with Crippen LogP contribution in [-0.2, 0) is 0 Å². The summed E-state index contributed by atoms with van der Waals surface area (Å²) in [5, 5.41) is 4.12. The molecule has 0 aliphatic heterocycles. The van der Waals surface area contributed by atoms with Crippen LogP contribution in [0.15, 0.2) is 18.6 Å². The molecule has 1 N–H and O–H groups in total. The molecule has 4 nitrogen and oxygen atoms in total. The largest absolute Gasteiger partial charge is 0.364 e. The molecular formula is C13H17ClN4. The van der Waals surface area contributed by atoms with Gasteiger partial charge in [-0.05, 0) is 31.6 Å². The van der Waals surface area contributed by atoms with E-state index in [4.69, 9.17) is 11.6 Å². The molecule has 0 amide bonds. The molecule has 0 atom stereocenters. The van der Waals surface area contributed by atoms with Gasteiger partial charge < -0.3 is 5.32 Å². The highest BCUT2D eigenvalue weighted by Crippen LogP contribution is 2.26. The molecule has 0 unspecified atom stereocenters. The maximum absolute atomic E-state index is 6.05. The number of aromatic nitrogens is 3. The maximum Gasteiger partial charge on any atom is 0.181 e. The minimum absolute atomic E-state index is 0.510. The number of anilines is 1. The van der Waals surface area contributed by atoms with Crippen LogP contribution in [0.2, 0.25) is 5.15 Å². The van der Waals surface area contributed by atoms with E-state index in [-0.39, 0.29) is 0 Å². The van der Waals surface area contributed by atoms with E-state index in [1.54, 1.807) is 12.4 Å². The van der Waals surface area contributed by atoms with Gasteiger partial charge in [-0.2, -0.15) is 0 Å². The SMILES string of the molecule is CC1CCC(Nc2nccn3c(Cl)cnc23)CC1. The fraction of sp³-hybridized carbons (Fsp3) is 0.538. The van der Waals surface area contributed by atoms with Crippen molar-refractivity contribution in [3.8, 4) is 0 Å². The first-order chi connectivity index (χ1) is 8.74. The average molecular weight is 265 g/mol. The van der Waals surface area contributed by atoms with Crippen molar-refractivity contribution >= 4 is 23.1 Å². The van der Waals surface area contributed by atoms with Crippen molar-refractivity contribution in [3.63, 3.8) is 0 Å². The smallest absolute Gasteiger partial charge is 0.181 e. The summed E-state index contributed by atoms with van der Waals surface area (Å²) in [6, 6.07) is 0.510. The molecule has 5 heteroatoms. The number of fused-ring (bicyclic) bond motifs is 1. The van der Waals surface area contributed by atoms with Crippen molar-refractivity contribution in [2.45, 2.75) is 38.6 Å². The highest BCUT2D eigenvalue weighted by atomic mass is 35.5. The highest BCUT2D eigenvalue weighted by molar-refractivity contribution is 6.29. The molecule has 1 aliphatic carbocycles. The Morgan fingerprint density at radius 1 is 1.28 bits per heavy atom. The summed E-state index contributed by atoms with van der Waals surface area (Å²) >= 11 is 6.05. The van der Waals surface area contributed by atoms with Crippen molar-refractivity contribution in [2.75, 3.05) is 5.32 Å². The van der Waals surface area contributed by atoms with Gasteiger partial charge in [-0.25, -0.2) is 9.97 Å². The quantitative estimate of drug-likeness (QED) is 0.904. The van der Waals surface area contributed by atoms with Crippen LogP contribution in [-0.4, -0.2) is 20.4 Å². The monoisotopic (exact) mass is 264 g/mol. The van der Waals surface area contributed by atoms with E-state index in [0.29, 0.717) is 11.2 Å². The molecule has 2 aromatic rings. The van der Waals surface area contributed by atoms with Gasteiger partial charge in [-0.1, -0.05) is 18.5 Å². The van der Waals surface area contributed by atoms with Crippen LogP contribution >= 0.6 is 11.6 Å². The van der Waals surface area contributed by atoms with Crippen LogP contribution in [0.3, 0.4) is 0 Å². The van der Waals surface area contributed by atoms with Crippen molar-refractivity contribution in [1.82, 2.24) is 14.4 Å². The van der Waals surface area contributed by atoms with Gasteiger partial charge in [-0.15, -0.1) is 0 Å². The lowest BCUT2D eigenvalue weighted by Crippen LogP contribution is -2.25. The molecule has 1 aliphatic rings. The minimum Gasteiger partial charge on any atom is -0.364 e. The van der Waals surface area contributed by atoms with Crippen LogP contribution in [0.5, 0.6) is 0 Å². The Morgan fingerprint density at radius 3 is 2.83 bits per heavy atom. The molecule has 0 radical (unpaired) electrons. The molecule has 96 valence electrons. The number of hydrogen-bond donors (Lipinski definition) is 1. The van der Waals surface area contributed by atoms with Gasteiger partial charge in [0, 0.05) is 18.4 Å². The third-order valence-corrected chi connectivity index (χ3v) is 4.02. The van der Waals surface area contributed by atoms with Gasteiger partial charge in [0.05, 0.1) is 6.20 Å². The first-order valence-electron chi connectivity index (χ1n) is 6.48. The van der Waals surface area contributed by atoms with Gasteiger partial charge in [0.2, 0.25) is 0 Å². The first-order valence-corrected chi connectivity index (χ1v) is 6.86. The number of nitrogens with zero attached hydrogens (tertiary/aromatic N) is 3. The van der Waals surface area contributed by atoms with Crippen LogP contribution in [0.4, 0.5) is 5.82 Å². The number of hydrogen-bond acceptors (Lipinski definition) is 3. The summed E-state index contributed by atoms with van der Waals surface area (Å²) in [6.45, 7) is 2.32. The molecule has 3 rings (SSSR count). The molecular weight excluding hydrogens is 248 g/mol. The highest BCUT2D eigenvalue weighted by Gasteiger charge is 2.19. The van der Waals surface area contributed by atoms with E-state index in [1.807, 2.05) is 10.6 Å². The lowest BCUT2D eigenvalue weighted by Gasteiger charge is -2.27. The van der Waals surface area contributed by atoms with Crippen molar-refractivity contribution in [1.29, 1.82) is 0 Å². The van der Waals surface area contributed by atoms with E-state index in [2.05, 4.69) is 22.2 Å². The molecule has 0 aromatic carbocycles. The van der Waals surface area contributed by atoms with E-state index in [0.717, 1.165) is 17.4 Å². The zero-order chi connectivity index (χ0) is 12.5. The topological polar surface area (TPSA) is 42.2 Å². The molecule has 18 heavy (non-hydrogen) atoms. The molecule has 2 aromatic heterocycles. The molecule has 0 saturated heterocycles. The Kier molecular flexibility index (Phi) is 3.12. The Morgan fingerprint density at radius 2 is 2.06 bits per heavy atom. The molecule has 1 fully saturated rings.